The number of benzene rings is 1. The lowest BCUT2D eigenvalue weighted by Crippen LogP contribution is -2.08. The highest BCUT2D eigenvalue weighted by atomic mass is 79.9. The van der Waals surface area contributed by atoms with Crippen molar-refractivity contribution in [3.05, 3.63) is 45.2 Å². The van der Waals surface area contributed by atoms with Gasteiger partial charge in [0, 0.05) is 13.5 Å². The van der Waals surface area contributed by atoms with Gasteiger partial charge >= 0.3 is 0 Å². The molecule has 5 heteroatoms. The first-order valence-corrected chi connectivity index (χ1v) is 6.57. The molecule has 1 unspecified atom stereocenters. The van der Waals surface area contributed by atoms with Crippen LogP contribution < -0.4 is 0 Å². The minimum absolute atomic E-state index is 0.556. The summed E-state index contributed by atoms with van der Waals surface area (Å²) >= 11 is 3.30. The van der Waals surface area contributed by atoms with Gasteiger partial charge < -0.3 is 5.11 Å². The monoisotopic (exact) mass is 309 g/mol. The molecule has 96 valence electrons. The first kappa shape index (κ1) is 13.2. The van der Waals surface area contributed by atoms with E-state index in [1.165, 1.54) is 11.1 Å². The molecule has 18 heavy (non-hydrogen) atoms. The SMILES string of the molecule is Cc1ccc(CC(O)c2c(Br)nnn2C)cc1C. The highest BCUT2D eigenvalue weighted by Crippen LogP contribution is 2.24. The van der Waals surface area contributed by atoms with Gasteiger partial charge in [0.2, 0.25) is 0 Å². The number of aliphatic hydroxyl groups excluding tert-OH is 1. The zero-order valence-corrected chi connectivity index (χ0v) is 12.3. The van der Waals surface area contributed by atoms with E-state index in [1.807, 2.05) is 6.07 Å². The average molecular weight is 310 g/mol. The number of hydrogen-bond acceptors (Lipinski definition) is 3. The Morgan fingerprint density at radius 2 is 2.06 bits per heavy atom. The molecule has 2 rings (SSSR count). The van der Waals surface area contributed by atoms with Crippen LogP contribution in [-0.4, -0.2) is 20.1 Å². The Morgan fingerprint density at radius 3 is 2.61 bits per heavy atom. The molecular formula is C13H16BrN3O. The van der Waals surface area contributed by atoms with Gasteiger partial charge in [-0.25, -0.2) is 4.68 Å². The zero-order chi connectivity index (χ0) is 13.3. The molecule has 1 aromatic carbocycles. The maximum Gasteiger partial charge on any atom is 0.154 e. The molecule has 1 atom stereocenters. The standard InChI is InChI=1S/C13H16BrN3O/c1-8-4-5-10(6-9(8)2)7-11(18)12-13(14)15-16-17(12)3/h4-6,11,18H,7H2,1-3H3. The van der Waals surface area contributed by atoms with Crippen molar-refractivity contribution in [1.82, 2.24) is 15.0 Å². The molecule has 1 N–H and O–H groups in total. The number of hydrogen-bond donors (Lipinski definition) is 1. The molecule has 0 fully saturated rings. The summed E-state index contributed by atoms with van der Waals surface area (Å²) in [6.07, 6.45) is -0.0533. The van der Waals surface area contributed by atoms with Crippen molar-refractivity contribution < 1.29 is 5.11 Å². The van der Waals surface area contributed by atoms with Crippen LogP contribution in [-0.2, 0) is 13.5 Å². The number of halogens is 1. The van der Waals surface area contributed by atoms with Gasteiger partial charge in [0.25, 0.3) is 0 Å². The minimum atomic E-state index is -0.610. The number of aryl methyl sites for hydroxylation is 3. The van der Waals surface area contributed by atoms with E-state index in [-0.39, 0.29) is 0 Å². The average Bonchev–Trinajstić information content (AvgIpc) is 2.64. The molecule has 0 amide bonds. The van der Waals surface area contributed by atoms with Crippen LogP contribution in [0.2, 0.25) is 0 Å². The van der Waals surface area contributed by atoms with E-state index in [2.05, 4.69) is 52.2 Å². The van der Waals surface area contributed by atoms with Crippen molar-refractivity contribution in [1.29, 1.82) is 0 Å². The first-order valence-electron chi connectivity index (χ1n) is 5.78. The maximum absolute atomic E-state index is 10.3. The molecule has 0 bridgehead atoms. The fraction of sp³-hybridized carbons (Fsp3) is 0.385. The summed E-state index contributed by atoms with van der Waals surface area (Å²) in [6.45, 7) is 4.16. The fourth-order valence-corrected chi connectivity index (χ4v) is 2.53. The van der Waals surface area contributed by atoms with Crippen LogP contribution in [0.3, 0.4) is 0 Å². The van der Waals surface area contributed by atoms with Crippen molar-refractivity contribution in [2.45, 2.75) is 26.4 Å². The van der Waals surface area contributed by atoms with Gasteiger partial charge in [-0.05, 0) is 46.5 Å². The van der Waals surface area contributed by atoms with Gasteiger partial charge in [-0.15, -0.1) is 5.10 Å². The van der Waals surface area contributed by atoms with E-state index >= 15 is 0 Å². The molecular weight excluding hydrogens is 294 g/mol. The predicted molar refractivity (Wildman–Crippen MR) is 73.3 cm³/mol. The third kappa shape index (κ3) is 2.62. The van der Waals surface area contributed by atoms with Crippen molar-refractivity contribution in [2.75, 3.05) is 0 Å². The molecule has 0 aliphatic rings. The summed E-state index contributed by atoms with van der Waals surface area (Å²) in [5.41, 5.74) is 4.31. The highest BCUT2D eigenvalue weighted by molar-refractivity contribution is 9.10. The molecule has 2 aromatic rings. The van der Waals surface area contributed by atoms with Crippen molar-refractivity contribution >= 4 is 15.9 Å². The second-order valence-electron chi connectivity index (χ2n) is 4.53. The Bertz CT molecular complexity index is 546. The van der Waals surface area contributed by atoms with E-state index in [1.54, 1.807) is 11.7 Å². The van der Waals surface area contributed by atoms with Gasteiger partial charge in [0.15, 0.2) is 4.60 Å². The van der Waals surface area contributed by atoms with Crippen LogP contribution >= 0.6 is 15.9 Å². The summed E-state index contributed by atoms with van der Waals surface area (Å²) in [6, 6.07) is 6.23. The quantitative estimate of drug-likeness (QED) is 0.947. The molecule has 4 nitrogen and oxygen atoms in total. The van der Waals surface area contributed by atoms with Gasteiger partial charge in [0.05, 0.1) is 0 Å². The normalized spacial score (nSPS) is 12.7. The maximum atomic E-state index is 10.3. The number of aromatic nitrogens is 3. The summed E-state index contributed by atoms with van der Waals surface area (Å²) in [4.78, 5) is 0. The van der Waals surface area contributed by atoms with E-state index < -0.39 is 6.10 Å². The number of rotatable bonds is 3. The number of aliphatic hydroxyl groups is 1. The first-order chi connectivity index (χ1) is 8.49. The van der Waals surface area contributed by atoms with Crippen LogP contribution in [0.4, 0.5) is 0 Å². The molecule has 0 aliphatic carbocycles. The summed E-state index contributed by atoms with van der Waals surface area (Å²) in [5.74, 6) is 0. The summed E-state index contributed by atoms with van der Waals surface area (Å²) in [7, 11) is 1.77. The predicted octanol–water partition coefficient (Wildman–Crippen LogP) is 2.47. The van der Waals surface area contributed by atoms with Crippen LogP contribution in [0.1, 0.15) is 28.5 Å². The molecule has 0 saturated heterocycles. The third-order valence-electron chi connectivity index (χ3n) is 3.14. The molecule has 0 saturated carbocycles. The second-order valence-corrected chi connectivity index (χ2v) is 5.28. The lowest BCUT2D eigenvalue weighted by Gasteiger charge is -2.12. The van der Waals surface area contributed by atoms with Gasteiger partial charge in [0.1, 0.15) is 11.8 Å². The fourth-order valence-electron chi connectivity index (χ4n) is 1.94. The van der Waals surface area contributed by atoms with Crippen LogP contribution in [0.25, 0.3) is 0 Å². The van der Waals surface area contributed by atoms with Crippen molar-refractivity contribution in [2.24, 2.45) is 7.05 Å². The Kier molecular flexibility index (Phi) is 3.82. The van der Waals surface area contributed by atoms with Crippen molar-refractivity contribution in [3.63, 3.8) is 0 Å². The smallest absolute Gasteiger partial charge is 0.154 e. The Balaban J connectivity index is 2.21. The number of nitrogens with zero attached hydrogens (tertiary/aromatic N) is 3. The van der Waals surface area contributed by atoms with Crippen LogP contribution in [0.15, 0.2) is 22.8 Å². The molecule has 0 spiro atoms. The van der Waals surface area contributed by atoms with E-state index in [4.69, 9.17) is 0 Å². The molecule has 0 aliphatic heterocycles. The third-order valence-corrected chi connectivity index (χ3v) is 3.71. The molecule has 0 radical (unpaired) electrons. The Hall–Kier alpha value is -1.20. The zero-order valence-electron chi connectivity index (χ0n) is 10.7. The lowest BCUT2D eigenvalue weighted by atomic mass is 10.0. The minimum Gasteiger partial charge on any atom is -0.386 e. The second kappa shape index (κ2) is 5.20. The molecule has 1 heterocycles. The highest BCUT2D eigenvalue weighted by Gasteiger charge is 2.18. The van der Waals surface area contributed by atoms with Gasteiger partial charge in [-0.2, -0.15) is 0 Å². The van der Waals surface area contributed by atoms with Crippen molar-refractivity contribution in [3.8, 4) is 0 Å². The van der Waals surface area contributed by atoms with E-state index in [0.717, 1.165) is 5.56 Å². The van der Waals surface area contributed by atoms with Crippen LogP contribution in [0.5, 0.6) is 0 Å². The largest absolute Gasteiger partial charge is 0.386 e. The van der Waals surface area contributed by atoms with Gasteiger partial charge in [-0.1, -0.05) is 23.4 Å². The Morgan fingerprint density at radius 1 is 1.33 bits per heavy atom. The Labute approximate surface area is 115 Å². The lowest BCUT2D eigenvalue weighted by molar-refractivity contribution is 0.167. The van der Waals surface area contributed by atoms with E-state index in [9.17, 15) is 5.11 Å². The topological polar surface area (TPSA) is 50.9 Å². The van der Waals surface area contributed by atoms with E-state index in [0.29, 0.717) is 16.7 Å². The van der Waals surface area contributed by atoms with Crippen LogP contribution in [0, 0.1) is 13.8 Å². The summed E-state index contributed by atoms with van der Waals surface area (Å²) < 4.78 is 2.19. The molecule has 1 aromatic heterocycles. The van der Waals surface area contributed by atoms with Gasteiger partial charge in [-0.3, -0.25) is 0 Å². The summed E-state index contributed by atoms with van der Waals surface area (Å²) in [5, 5.41) is 18.0.